The summed E-state index contributed by atoms with van der Waals surface area (Å²) in [5.74, 6) is -1.61. The molecule has 0 N–H and O–H groups in total. The summed E-state index contributed by atoms with van der Waals surface area (Å²) >= 11 is 0. The van der Waals surface area contributed by atoms with Crippen LogP contribution in [-0.4, -0.2) is 56.3 Å². The fourth-order valence-electron chi connectivity index (χ4n) is 6.27. The second-order valence-corrected chi connectivity index (χ2v) is 14.6. The lowest BCUT2D eigenvalue weighted by Crippen LogP contribution is -2.47. The van der Waals surface area contributed by atoms with E-state index in [1.165, 1.54) is 95.2 Å². The summed E-state index contributed by atoms with van der Waals surface area (Å²) in [5.41, 5.74) is 0.836. The number of carbonyl (C=O) groups excluding carboxylic acids is 3. The Bertz CT molecular complexity index is 1810. The molecular formula is C39H47N3O8S. The van der Waals surface area contributed by atoms with Crippen molar-refractivity contribution >= 4 is 45.2 Å². The van der Waals surface area contributed by atoms with Gasteiger partial charge in [-0.1, -0.05) is 120 Å². The zero-order valence-corrected chi connectivity index (χ0v) is 30.2. The Morgan fingerprint density at radius 2 is 1.45 bits per heavy atom. The number of fused-ring (bicyclic) bond motifs is 1. The number of amidine groups is 1. The monoisotopic (exact) mass is 717 g/mol. The number of carbonyl (C=O) groups is 3. The van der Waals surface area contributed by atoms with Crippen LogP contribution in [0.3, 0.4) is 0 Å². The van der Waals surface area contributed by atoms with E-state index >= 15 is 0 Å². The molecule has 1 saturated heterocycles. The number of amides is 2. The summed E-state index contributed by atoms with van der Waals surface area (Å²) in [5, 5.41) is 0. The van der Waals surface area contributed by atoms with Crippen LogP contribution >= 0.6 is 0 Å². The highest BCUT2D eigenvalue weighted by atomic mass is 32.2. The van der Waals surface area contributed by atoms with Crippen LogP contribution in [0.4, 0.5) is 16.2 Å². The molecule has 5 rings (SSSR count). The molecule has 3 aromatic rings. The Morgan fingerprint density at radius 3 is 2.12 bits per heavy atom. The third-order valence-corrected chi connectivity index (χ3v) is 10.9. The van der Waals surface area contributed by atoms with Gasteiger partial charge in [0.1, 0.15) is 10.6 Å². The molecule has 0 saturated carbocycles. The molecule has 1 fully saturated rings. The zero-order chi connectivity index (χ0) is 36.2. The van der Waals surface area contributed by atoms with Gasteiger partial charge in [-0.15, -0.1) is 0 Å². The van der Waals surface area contributed by atoms with Gasteiger partial charge in [0.2, 0.25) is 6.10 Å². The van der Waals surface area contributed by atoms with Crippen molar-refractivity contribution < 1.29 is 37.0 Å². The van der Waals surface area contributed by atoms with Crippen LogP contribution in [0.25, 0.3) is 0 Å². The number of esters is 1. The van der Waals surface area contributed by atoms with Crippen LogP contribution in [0.2, 0.25) is 0 Å². The van der Waals surface area contributed by atoms with Crippen LogP contribution in [0.5, 0.6) is 5.75 Å². The SMILES string of the molecule is CCCCCCCCCCCCCCOC(=O)c1ccc(OC)c(N2C(=O)OC(C3=Nc4ccccc4S(=O)(=O)N3Cc3ccccc3)C2=O)c1. The van der Waals surface area contributed by atoms with Crippen molar-refractivity contribution in [2.45, 2.75) is 102 Å². The summed E-state index contributed by atoms with van der Waals surface area (Å²) in [4.78, 5) is 45.6. The predicted octanol–water partition coefficient (Wildman–Crippen LogP) is 8.34. The fourth-order valence-corrected chi connectivity index (χ4v) is 7.84. The van der Waals surface area contributed by atoms with E-state index in [0.29, 0.717) is 5.56 Å². The first-order chi connectivity index (χ1) is 24.8. The molecule has 2 amide bonds. The van der Waals surface area contributed by atoms with Crippen molar-refractivity contribution in [1.29, 1.82) is 0 Å². The maximum atomic E-state index is 14.0. The molecule has 0 bridgehead atoms. The molecule has 1 atom stereocenters. The van der Waals surface area contributed by atoms with E-state index in [9.17, 15) is 22.8 Å². The average Bonchev–Trinajstić information content (AvgIpc) is 3.44. The molecule has 2 heterocycles. The van der Waals surface area contributed by atoms with E-state index in [2.05, 4.69) is 11.9 Å². The quantitative estimate of drug-likeness (QED) is 0.0893. The molecule has 11 nitrogen and oxygen atoms in total. The number of benzene rings is 3. The number of imide groups is 1. The number of anilines is 1. The lowest BCUT2D eigenvalue weighted by atomic mass is 10.1. The first kappa shape index (κ1) is 37.5. The lowest BCUT2D eigenvalue weighted by molar-refractivity contribution is -0.119. The Hall–Kier alpha value is -4.71. The second kappa shape index (κ2) is 18.0. The Balaban J connectivity index is 1.24. The number of hydrogen-bond donors (Lipinski definition) is 0. The van der Waals surface area contributed by atoms with Crippen molar-refractivity contribution in [3.05, 3.63) is 83.9 Å². The van der Waals surface area contributed by atoms with Gasteiger partial charge in [-0.25, -0.2) is 32.2 Å². The standard InChI is InChI=1S/C39H47N3O8S/c1-3-4-5-6-7-8-9-10-11-12-13-19-26-49-38(44)30-24-25-33(48-2)32(27-30)42-37(43)35(50-39(42)45)36-40-31-22-17-18-23-34(31)51(46,47)41(36)28-29-20-15-14-16-21-29/h14-18,20-25,27,35H,3-13,19,26,28H2,1-2H3. The largest absolute Gasteiger partial charge is 0.495 e. The highest BCUT2D eigenvalue weighted by Gasteiger charge is 2.50. The third kappa shape index (κ3) is 9.15. The predicted molar refractivity (Wildman–Crippen MR) is 195 cm³/mol. The molecule has 0 aliphatic carbocycles. The molecule has 12 heteroatoms. The highest BCUT2D eigenvalue weighted by Crippen LogP contribution is 2.38. The molecule has 2 aliphatic rings. The van der Waals surface area contributed by atoms with Gasteiger partial charge >= 0.3 is 12.1 Å². The average molecular weight is 718 g/mol. The summed E-state index contributed by atoms with van der Waals surface area (Å²) in [7, 11) is -2.83. The number of unbranched alkanes of at least 4 members (excludes halogenated alkanes) is 11. The van der Waals surface area contributed by atoms with E-state index < -0.39 is 34.1 Å². The first-order valence-corrected chi connectivity index (χ1v) is 19.3. The van der Waals surface area contributed by atoms with Crippen molar-refractivity contribution in [1.82, 2.24) is 4.31 Å². The number of methoxy groups -OCH3 is 1. The van der Waals surface area contributed by atoms with Gasteiger partial charge in [0.05, 0.1) is 37.2 Å². The minimum atomic E-state index is -4.19. The Morgan fingerprint density at radius 1 is 0.824 bits per heavy atom. The summed E-state index contributed by atoms with van der Waals surface area (Å²) in [6, 6.07) is 19.3. The van der Waals surface area contributed by atoms with E-state index in [4.69, 9.17) is 14.2 Å². The zero-order valence-electron chi connectivity index (χ0n) is 29.4. The number of nitrogens with zero attached hydrogens (tertiary/aromatic N) is 3. The smallest absolute Gasteiger partial charge is 0.422 e. The van der Waals surface area contributed by atoms with Crippen molar-refractivity contribution in [3.63, 3.8) is 0 Å². The summed E-state index contributed by atoms with van der Waals surface area (Å²) in [6.45, 7) is 2.33. The second-order valence-electron chi connectivity index (χ2n) is 12.8. The molecule has 51 heavy (non-hydrogen) atoms. The van der Waals surface area contributed by atoms with Gasteiger partial charge in [0.15, 0.2) is 5.84 Å². The minimum absolute atomic E-state index is 0.0327. The molecule has 0 radical (unpaired) electrons. The molecule has 0 spiro atoms. The maximum Gasteiger partial charge on any atom is 0.422 e. The molecule has 1 unspecified atom stereocenters. The number of para-hydroxylation sites is 1. The van der Waals surface area contributed by atoms with Crippen molar-refractivity contribution in [3.8, 4) is 5.75 Å². The van der Waals surface area contributed by atoms with Crippen LogP contribution in [0.15, 0.2) is 82.7 Å². The number of ether oxygens (including phenoxy) is 3. The maximum absolute atomic E-state index is 14.0. The Kier molecular flexibility index (Phi) is 13.2. The van der Waals surface area contributed by atoms with Crippen LogP contribution in [-0.2, 0) is 30.8 Å². The first-order valence-electron chi connectivity index (χ1n) is 17.9. The number of sulfonamides is 1. The van der Waals surface area contributed by atoms with Gasteiger partial charge in [0, 0.05) is 0 Å². The molecule has 3 aromatic carbocycles. The van der Waals surface area contributed by atoms with Crippen molar-refractivity contribution in [2.24, 2.45) is 4.99 Å². The van der Waals surface area contributed by atoms with Gasteiger partial charge < -0.3 is 14.2 Å². The molecule has 2 aliphatic heterocycles. The lowest BCUT2D eigenvalue weighted by Gasteiger charge is -2.31. The third-order valence-electron chi connectivity index (χ3n) is 9.06. The van der Waals surface area contributed by atoms with E-state index in [1.807, 2.05) is 0 Å². The van der Waals surface area contributed by atoms with Crippen LogP contribution in [0, 0.1) is 0 Å². The topological polar surface area (TPSA) is 132 Å². The van der Waals surface area contributed by atoms with E-state index in [0.717, 1.165) is 28.5 Å². The molecular weight excluding hydrogens is 671 g/mol. The summed E-state index contributed by atoms with van der Waals surface area (Å²) in [6.07, 6.45) is 11.6. The number of aliphatic imine (C=N–C) groups is 1. The van der Waals surface area contributed by atoms with E-state index in [1.54, 1.807) is 42.5 Å². The minimum Gasteiger partial charge on any atom is -0.495 e. The molecule has 272 valence electrons. The van der Waals surface area contributed by atoms with Crippen molar-refractivity contribution in [2.75, 3.05) is 18.6 Å². The fraction of sp³-hybridized carbons (Fsp3) is 0.436. The Labute approximate surface area is 300 Å². The van der Waals surface area contributed by atoms with Gasteiger partial charge in [-0.05, 0) is 42.3 Å². The van der Waals surface area contributed by atoms with Gasteiger partial charge in [-0.2, -0.15) is 0 Å². The highest BCUT2D eigenvalue weighted by molar-refractivity contribution is 7.90. The van der Waals surface area contributed by atoms with Gasteiger partial charge in [-0.3, -0.25) is 4.79 Å². The number of cyclic esters (lactones) is 1. The summed E-state index contributed by atoms with van der Waals surface area (Å²) < 4.78 is 45.2. The number of hydrogen-bond acceptors (Lipinski definition) is 9. The number of rotatable bonds is 19. The van der Waals surface area contributed by atoms with Gasteiger partial charge in [0.25, 0.3) is 15.9 Å². The van der Waals surface area contributed by atoms with Crippen LogP contribution in [0.1, 0.15) is 99.9 Å². The van der Waals surface area contributed by atoms with Crippen LogP contribution < -0.4 is 9.64 Å². The van der Waals surface area contributed by atoms with E-state index in [-0.39, 0.29) is 46.6 Å². The molecule has 0 aromatic heterocycles. The normalized spacial score (nSPS) is 16.4.